The van der Waals surface area contributed by atoms with Crippen molar-refractivity contribution in [2.45, 2.75) is 29.5 Å². The van der Waals surface area contributed by atoms with Crippen LogP contribution < -0.4 is 5.73 Å². The fourth-order valence-electron chi connectivity index (χ4n) is 4.74. The molecule has 1 fully saturated rings. The van der Waals surface area contributed by atoms with E-state index in [-0.39, 0.29) is 28.4 Å². The molecule has 0 unspecified atom stereocenters. The summed E-state index contributed by atoms with van der Waals surface area (Å²) in [5.74, 6) is -1.50. The van der Waals surface area contributed by atoms with Gasteiger partial charge in [-0.15, -0.1) is 28.6 Å². The number of benzene rings is 2. The van der Waals surface area contributed by atoms with E-state index in [0.29, 0.717) is 22.0 Å². The van der Waals surface area contributed by atoms with E-state index < -0.39 is 30.0 Å². The smallest absolute Gasteiger partial charge is 0.379 e. The summed E-state index contributed by atoms with van der Waals surface area (Å²) in [5.41, 5.74) is 8.68. The van der Waals surface area contributed by atoms with E-state index in [9.17, 15) is 19.5 Å². The number of ether oxygens (including phenoxy) is 1. The van der Waals surface area contributed by atoms with Crippen molar-refractivity contribution in [1.82, 2.24) is 24.5 Å². The van der Waals surface area contributed by atoms with Crippen molar-refractivity contribution in [3.63, 3.8) is 0 Å². The minimum absolute atomic E-state index is 0.0225. The van der Waals surface area contributed by atoms with Gasteiger partial charge in [-0.05, 0) is 29.7 Å². The van der Waals surface area contributed by atoms with Crippen LogP contribution in [0.3, 0.4) is 0 Å². The Bertz CT molecular complexity index is 1650. The van der Waals surface area contributed by atoms with Crippen LogP contribution in [0.4, 0.5) is 0 Å². The summed E-state index contributed by atoms with van der Waals surface area (Å²) in [5, 5.41) is 14.5. The maximum absolute atomic E-state index is 13.3. The Labute approximate surface area is 242 Å². The number of nitrogens with zero attached hydrogens (tertiary/aromatic N) is 5. The first-order valence-electron chi connectivity index (χ1n) is 12.7. The fraction of sp³-hybridized carbons (Fsp3) is 0.214. The van der Waals surface area contributed by atoms with E-state index in [4.69, 9.17) is 10.5 Å². The van der Waals surface area contributed by atoms with Crippen LogP contribution >= 0.6 is 23.5 Å². The van der Waals surface area contributed by atoms with Gasteiger partial charge in [0.25, 0.3) is 11.6 Å². The third-order valence-electron chi connectivity index (χ3n) is 6.70. The van der Waals surface area contributed by atoms with E-state index in [1.807, 2.05) is 60.7 Å². The number of hydrogen-bond donors (Lipinski definition) is 2. The molecule has 41 heavy (non-hydrogen) atoms. The Morgan fingerprint density at radius 2 is 1.78 bits per heavy atom. The number of aryl methyl sites for hydroxylation is 1. The SMILES string of the molecule is Cc1cc(SCC2=C(C(=O)O)N3C(=O)[C@@H](N)[C@H]3SC2)n2nc(C(=O)OC(c3ccccc3)c3ccccc3)nc2n1. The Balaban J connectivity index is 1.27. The lowest BCUT2D eigenvalue weighted by Gasteiger charge is -2.48. The van der Waals surface area contributed by atoms with Crippen LogP contribution in [0.1, 0.15) is 33.5 Å². The van der Waals surface area contributed by atoms with E-state index in [1.165, 1.54) is 32.9 Å². The molecule has 11 nitrogen and oxygen atoms in total. The van der Waals surface area contributed by atoms with Gasteiger partial charge in [-0.2, -0.15) is 9.50 Å². The molecule has 4 aromatic rings. The first-order chi connectivity index (χ1) is 19.8. The molecule has 0 bridgehead atoms. The molecular weight excluding hydrogens is 564 g/mol. The van der Waals surface area contributed by atoms with Gasteiger partial charge in [0.2, 0.25) is 5.91 Å². The van der Waals surface area contributed by atoms with Crippen LogP contribution in [0.15, 0.2) is 83.0 Å². The van der Waals surface area contributed by atoms with Crippen molar-refractivity contribution in [3.05, 3.63) is 101 Å². The Morgan fingerprint density at radius 3 is 2.41 bits per heavy atom. The van der Waals surface area contributed by atoms with Gasteiger partial charge in [0.05, 0.1) is 0 Å². The number of amides is 1. The lowest BCUT2D eigenvalue weighted by molar-refractivity contribution is -0.147. The Morgan fingerprint density at radius 1 is 1.12 bits per heavy atom. The Hall–Kier alpha value is -4.20. The number of aromatic nitrogens is 4. The summed E-state index contributed by atoms with van der Waals surface area (Å²) in [6, 6.07) is 19.9. The number of hydrogen-bond acceptors (Lipinski definition) is 10. The summed E-state index contributed by atoms with van der Waals surface area (Å²) in [4.78, 5) is 47.7. The standard InChI is InChI=1S/C28H24N6O5S2/c1-15-12-19(40-13-18-14-41-25-20(29)24(35)33(25)21(18)26(36)37)34-28(30-15)31-23(32-34)27(38)39-22(16-8-4-2-5-9-16)17-10-6-3-7-11-17/h2-12,20,22,25H,13-14,29H2,1H3,(H,36,37)/t20-,25-/m1/s1. The number of aliphatic carboxylic acids is 1. The normalized spacial score (nSPS) is 18.4. The molecule has 2 aliphatic rings. The van der Waals surface area contributed by atoms with Crippen LogP contribution in [-0.4, -0.2) is 70.4 Å². The molecular formula is C28H24N6O5S2. The van der Waals surface area contributed by atoms with Gasteiger partial charge in [-0.1, -0.05) is 60.7 Å². The molecule has 2 aliphatic heterocycles. The zero-order valence-electron chi connectivity index (χ0n) is 21.7. The number of nitrogens with two attached hydrogens (primary N) is 1. The molecule has 6 rings (SSSR count). The van der Waals surface area contributed by atoms with E-state index in [0.717, 1.165) is 11.1 Å². The average Bonchev–Trinajstić information content (AvgIpc) is 3.42. The predicted octanol–water partition coefficient (Wildman–Crippen LogP) is 3.05. The molecule has 1 saturated heterocycles. The number of rotatable bonds is 8. The summed E-state index contributed by atoms with van der Waals surface area (Å²) in [6.45, 7) is 1.79. The highest BCUT2D eigenvalue weighted by molar-refractivity contribution is 8.01. The van der Waals surface area contributed by atoms with Crippen LogP contribution in [0.5, 0.6) is 0 Å². The first-order valence-corrected chi connectivity index (χ1v) is 14.7. The molecule has 2 aromatic heterocycles. The number of carboxylic acids is 1. The molecule has 4 heterocycles. The first kappa shape index (κ1) is 27.0. The summed E-state index contributed by atoms with van der Waals surface area (Å²) in [6.07, 6.45) is -0.661. The van der Waals surface area contributed by atoms with Crippen LogP contribution in [0.25, 0.3) is 5.78 Å². The number of fused-ring (bicyclic) bond motifs is 2. The molecule has 2 aromatic carbocycles. The van der Waals surface area contributed by atoms with Gasteiger partial charge in [-0.25, -0.2) is 14.6 Å². The Kier molecular flexibility index (Phi) is 7.24. The monoisotopic (exact) mass is 588 g/mol. The van der Waals surface area contributed by atoms with Crippen LogP contribution in [0, 0.1) is 6.92 Å². The average molecular weight is 589 g/mol. The molecule has 1 amide bonds. The molecule has 13 heteroatoms. The maximum atomic E-state index is 13.3. The van der Waals surface area contributed by atoms with Crippen molar-refractivity contribution in [3.8, 4) is 0 Å². The molecule has 0 radical (unpaired) electrons. The zero-order chi connectivity index (χ0) is 28.7. The number of carbonyl (C=O) groups excluding carboxylic acids is 2. The minimum atomic E-state index is -1.17. The van der Waals surface area contributed by atoms with Gasteiger partial charge in [0.1, 0.15) is 22.1 Å². The van der Waals surface area contributed by atoms with Crippen molar-refractivity contribution in [2.75, 3.05) is 11.5 Å². The van der Waals surface area contributed by atoms with Crippen molar-refractivity contribution >= 4 is 47.1 Å². The predicted molar refractivity (Wildman–Crippen MR) is 152 cm³/mol. The van der Waals surface area contributed by atoms with E-state index in [2.05, 4.69) is 15.1 Å². The molecule has 0 saturated carbocycles. The second-order valence-corrected chi connectivity index (χ2v) is 11.6. The number of esters is 1. The highest BCUT2D eigenvalue weighted by atomic mass is 32.2. The lowest BCUT2D eigenvalue weighted by atomic mass is 10.0. The van der Waals surface area contributed by atoms with Crippen LogP contribution in [0.2, 0.25) is 0 Å². The highest BCUT2D eigenvalue weighted by Gasteiger charge is 2.51. The number of carboxylic acid groups (broad SMARTS) is 1. The van der Waals surface area contributed by atoms with Gasteiger partial charge in [0.15, 0.2) is 6.10 Å². The third-order valence-corrected chi connectivity index (χ3v) is 9.14. The third kappa shape index (κ3) is 5.07. The highest BCUT2D eigenvalue weighted by Crippen LogP contribution is 2.40. The molecule has 0 spiro atoms. The molecule has 3 N–H and O–H groups in total. The van der Waals surface area contributed by atoms with Crippen molar-refractivity contribution in [2.24, 2.45) is 5.73 Å². The van der Waals surface area contributed by atoms with Crippen molar-refractivity contribution < 1.29 is 24.2 Å². The van der Waals surface area contributed by atoms with E-state index in [1.54, 1.807) is 13.0 Å². The zero-order valence-corrected chi connectivity index (χ0v) is 23.3. The summed E-state index contributed by atoms with van der Waals surface area (Å²) < 4.78 is 7.36. The van der Waals surface area contributed by atoms with Crippen molar-refractivity contribution in [1.29, 1.82) is 0 Å². The number of thioether (sulfide) groups is 2. The van der Waals surface area contributed by atoms with Gasteiger partial charge < -0.3 is 15.6 Å². The maximum Gasteiger partial charge on any atom is 0.379 e. The number of carbonyl (C=O) groups is 3. The molecule has 0 aliphatic carbocycles. The lowest BCUT2D eigenvalue weighted by Crippen LogP contribution is -2.68. The van der Waals surface area contributed by atoms with E-state index >= 15 is 0 Å². The largest absolute Gasteiger partial charge is 0.477 e. The van der Waals surface area contributed by atoms with Gasteiger partial charge >= 0.3 is 11.9 Å². The van der Waals surface area contributed by atoms with Gasteiger partial charge in [0, 0.05) is 17.2 Å². The topological polar surface area (TPSA) is 153 Å². The van der Waals surface area contributed by atoms with Gasteiger partial charge in [-0.3, -0.25) is 9.69 Å². The number of β-lactam (4-membered cyclic amide) rings is 1. The molecule has 2 atom stereocenters. The second kappa shape index (κ2) is 11.0. The molecule has 208 valence electrons. The summed E-state index contributed by atoms with van der Waals surface area (Å²) in [7, 11) is 0. The quantitative estimate of drug-likeness (QED) is 0.135. The summed E-state index contributed by atoms with van der Waals surface area (Å²) >= 11 is 2.76. The van der Waals surface area contributed by atoms with Crippen LogP contribution in [-0.2, 0) is 14.3 Å². The minimum Gasteiger partial charge on any atom is -0.477 e. The second-order valence-electron chi connectivity index (χ2n) is 9.47. The fourth-order valence-corrected chi connectivity index (χ4v) is 7.22.